The Bertz CT molecular complexity index is 688. The van der Waals surface area contributed by atoms with Crippen molar-refractivity contribution in [3.63, 3.8) is 0 Å². The first-order valence-electron chi connectivity index (χ1n) is 7.67. The molecule has 0 aromatic carbocycles. The lowest BCUT2D eigenvalue weighted by molar-refractivity contribution is -0.134. The number of thioether (sulfide) groups is 1. The molecule has 1 heterocycles. The van der Waals surface area contributed by atoms with Gasteiger partial charge in [-0.25, -0.2) is 14.6 Å². The van der Waals surface area contributed by atoms with Gasteiger partial charge in [0, 0.05) is 37.0 Å². The van der Waals surface area contributed by atoms with Crippen molar-refractivity contribution < 1.29 is 19.8 Å². The van der Waals surface area contributed by atoms with Gasteiger partial charge in [-0.3, -0.25) is 4.99 Å². The molecule has 1 aromatic rings. The van der Waals surface area contributed by atoms with Crippen LogP contribution in [0.5, 0.6) is 0 Å². The van der Waals surface area contributed by atoms with Crippen LogP contribution in [0, 0.1) is 0 Å². The molecule has 0 saturated heterocycles. The van der Waals surface area contributed by atoms with Gasteiger partial charge < -0.3 is 27.0 Å². The fourth-order valence-corrected chi connectivity index (χ4v) is 2.82. The number of nitrogens with zero attached hydrogens (tertiary/aromatic N) is 3. The minimum absolute atomic E-state index is 0. The van der Waals surface area contributed by atoms with E-state index in [1.165, 1.54) is 11.3 Å². The molecule has 0 radical (unpaired) electrons. The summed E-state index contributed by atoms with van der Waals surface area (Å²) < 4.78 is 0. The van der Waals surface area contributed by atoms with Gasteiger partial charge in [-0.1, -0.05) is 18.7 Å². The summed E-state index contributed by atoms with van der Waals surface area (Å²) in [6.07, 6.45) is 4.94. The molecule has 1 unspecified atom stereocenters. The number of aliphatic imine (C=N–C) groups is 2. The number of carboxylic acid groups (broad SMARTS) is 2. The van der Waals surface area contributed by atoms with Crippen LogP contribution in [0.25, 0.3) is 0 Å². The zero-order valence-electron chi connectivity index (χ0n) is 15.7. The molecule has 0 fully saturated rings. The van der Waals surface area contributed by atoms with E-state index in [1.54, 1.807) is 18.8 Å². The van der Waals surface area contributed by atoms with Crippen LogP contribution in [0.2, 0.25) is 0 Å². The Morgan fingerprint density at radius 2 is 1.93 bits per heavy atom. The third kappa shape index (κ3) is 14.2. The van der Waals surface area contributed by atoms with Crippen LogP contribution >= 0.6 is 47.1 Å². The second-order valence-corrected chi connectivity index (χ2v) is 6.49. The molecular weight excluding hydrogens is 519 g/mol. The first-order valence-corrected chi connectivity index (χ1v) is 9.77. The minimum atomic E-state index is -1.26. The lowest BCUT2D eigenvalue weighted by Crippen LogP contribution is -2.34. The van der Waals surface area contributed by atoms with Crippen LogP contribution in [0.4, 0.5) is 5.13 Å². The van der Waals surface area contributed by atoms with E-state index in [0.717, 1.165) is 23.7 Å². The molecule has 0 amide bonds. The van der Waals surface area contributed by atoms with E-state index in [1.807, 2.05) is 11.6 Å². The highest BCUT2D eigenvalue weighted by molar-refractivity contribution is 14.0. The van der Waals surface area contributed by atoms with E-state index < -0.39 is 11.9 Å². The normalized spacial score (nSPS) is 11.6. The number of carbonyl (C=O) groups is 2. The molecule has 13 heteroatoms. The standard InChI is InChI=1S/C11H20N6S2.C4H4O4.HI/c1-4-7(15-10(14-2)18-3)5-8-6-19-11(16-8)17-9(12)13;5-3(6)1-2-4(7)8;/h6-7H,4-5H2,1-3H3,(H,14,15)(H4,12,13,16,17);1-2H,(H,5,6)(H,7,8);1H/b;2-1-;. The van der Waals surface area contributed by atoms with E-state index in [9.17, 15) is 9.59 Å². The maximum Gasteiger partial charge on any atom is 0.328 e. The molecule has 28 heavy (non-hydrogen) atoms. The summed E-state index contributed by atoms with van der Waals surface area (Å²) in [4.78, 5) is 31.6. The number of rotatable bonds is 7. The second kappa shape index (κ2) is 16.1. The summed E-state index contributed by atoms with van der Waals surface area (Å²) in [7, 11) is 1.78. The van der Waals surface area contributed by atoms with Crippen LogP contribution < -0.4 is 16.8 Å². The van der Waals surface area contributed by atoms with Crippen LogP contribution in [0.3, 0.4) is 0 Å². The first-order chi connectivity index (χ1) is 12.7. The second-order valence-electron chi connectivity index (χ2n) is 4.85. The quantitative estimate of drug-likeness (QED) is 0.148. The highest BCUT2D eigenvalue weighted by Crippen LogP contribution is 2.20. The maximum atomic E-state index is 9.55. The smallest absolute Gasteiger partial charge is 0.328 e. The molecule has 0 aliphatic carbocycles. The highest BCUT2D eigenvalue weighted by atomic mass is 127. The van der Waals surface area contributed by atoms with Gasteiger partial charge in [0.15, 0.2) is 11.1 Å². The van der Waals surface area contributed by atoms with Crippen molar-refractivity contribution in [1.29, 1.82) is 0 Å². The van der Waals surface area contributed by atoms with Gasteiger partial charge >= 0.3 is 11.9 Å². The summed E-state index contributed by atoms with van der Waals surface area (Å²) in [5.74, 6) is -2.48. The lowest BCUT2D eigenvalue weighted by Gasteiger charge is -2.17. The van der Waals surface area contributed by atoms with Gasteiger partial charge in [-0.05, 0) is 12.7 Å². The zero-order chi connectivity index (χ0) is 20.8. The average Bonchev–Trinajstić information content (AvgIpc) is 3.03. The third-order valence-corrected chi connectivity index (χ3v) is 4.28. The number of aromatic nitrogens is 1. The summed E-state index contributed by atoms with van der Waals surface area (Å²) in [5.41, 5.74) is 11.6. The molecule has 1 rings (SSSR count). The van der Waals surface area contributed by atoms with Gasteiger partial charge in [-0.2, -0.15) is 4.99 Å². The number of guanidine groups is 1. The number of halogens is 1. The van der Waals surface area contributed by atoms with E-state index in [4.69, 9.17) is 21.7 Å². The van der Waals surface area contributed by atoms with E-state index in [2.05, 4.69) is 27.2 Å². The van der Waals surface area contributed by atoms with Crippen molar-refractivity contribution >= 4 is 75.3 Å². The van der Waals surface area contributed by atoms with Crippen molar-refractivity contribution in [2.24, 2.45) is 21.5 Å². The fourth-order valence-electron chi connectivity index (χ4n) is 1.63. The van der Waals surface area contributed by atoms with Crippen LogP contribution in [0.1, 0.15) is 19.0 Å². The summed E-state index contributed by atoms with van der Waals surface area (Å²) in [6, 6.07) is 0.306. The molecule has 7 N–H and O–H groups in total. The van der Waals surface area contributed by atoms with Crippen molar-refractivity contribution in [3.8, 4) is 0 Å². The Morgan fingerprint density at radius 3 is 2.32 bits per heavy atom. The minimum Gasteiger partial charge on any atom is -0.478 e. The van der Waals surface area contributed by atoms with Crippen LogP contribution in [-0.4, -0.2) is 57.6 Å². The maximum absolute atomic E-state index is 9.55. The predicted octanol–water partition coefficient (Wildman–Crippen LogP) is 1.64. The first kappa shape index (κ1) is 28.3. The Labute approximate surface area is 188 Å². The topological polar surface area (TPSA) is 176 Å². The molecular formula is C15H25IN6O4S2. The SMILES string of the molecule is CCC(Cc1csc(N=C(N)N)n1)NC(=NC)SC.I.O=C(O)/C=C\C(=O)O. The molecule has 0 aliphatic rings. The predicted molar refractivity (Wildman–Crippen MR) is 125 cm³/mol. The molecule has 1 atom stereocenters. The number of thiazole rings is 1. The molecule has 158 valence electrons. The Kier molecular flexibility index (Phi) is 16.3. The lowest BCUT2D eigenvalue weighted by atomic mass is 10.1. The largest absolute Gasteiger partial charge is 0.478 e. The highest BCUT2D eigenvalue weighted by Gasteiger charge is 2.11. The van der Waals surface area contributed by atoms with Crippen molar-refractivity contribution in [3.05, 3.63) is 23.2 Å². The summed E-state index contributed by atoms with van der Waals surface area (Å²) in [6.45, 7) is 2.13. The monoisotopic (exact) mass is 544 g/mol. The number of nitrogens with two attached hydrogens (primary N) is 2. The molecule has 0 spiro atoms. The number of amidine groups is 1. The number of aliphatic carboxylic acids is 2. The molecule has 1 aromatic heterocycles. The molecule has 0 bridgehead atoms. The van der Waals surface area contributed by atoms with Gasteiger partial charge in [0.05, 0.1) is 5.69 Å². The Balaban J connectivity index is 0. The van der Waals surface area contributed by atoms with E-state index >= 15 is 0 Å². The number of carboxylic acids is 2. The summed E-state index contributed by atoms with van der Waals surface area (Å²) >= 11 is 3.04. The van der Waals surface area contributed by atoms with Crippen LogP contribution in [0.15, 0.2) is 27.5 Å². The Morgan fingerprint density at radius 1 is 1.36 bits per heavy atom. The number of hydrogen-bond acceptors (Lipinski definition) is 7. The van der Waals surface area contributed by atoms with Gasteiger partial charge in [0.25, 0.3) is 0 Å². The van der Waals surface area contributed by atoms with Crippen LogP contribution in [-0.2, 0) is 16.0 Å². The van der Waals surface area contributed by atoms with E-state index in [-0.39, 0.29) is 29.9 Å². The molecule has 0 aliphatic heterocycles. The van der Waals surface area contributed by atoms with Gasteiger partial charge in [0.1, 0.15) is 0 Å². The van der Waals surface area contributed by atoms with E-state index in [0.29, 0.717) is 23.3 Å². The Hall–Kier alpha value is -1.87. The van der Waals surface area contributed by atoms with Crippen molar-refractivity contribution in [1.82, 2.24) is 10.3 Å². The summed E-state index contributed by atoms with van der Waals surface area (Å²) in [5, 5.41) is 22.5. The molecule has 10 nitrogen and oxygen atoms in total. The third-order valence-electron chi connectivity index (χ3n) is 2.81. The number of hydrogen-bond donors (Lipinski definition) is 5. The van der Waals surface area contributed by atoms with Gasteiger partial charge in [0.2, 0.25) is 5.13 Å². The van der Waals surface area contributed by atoms with Crippen molar-refractivity contribution in [2.45, 2.75) is 25.8 Å². The van der Waals surface area contributed by atoms with Gasteiger partial charge in [-0.15, -0.1) is 35.3 Å². The average molecular weight is 544 g/mol. The van der Waals surface area contributed by atoms with Crippen molar-refractivity contribution in [2.75, 3.05) is 13.3 Å². The zero-order valence-corrected chi connectivity index (χ0v) is 19.6. The fraction of sp³-hybridized carbons (Fsp3) is 0.400. The number of nitrogens with one attached hydrogen (secondary N) is 1. The molecule has 0 saturated carbocycles.